The molecule has 0 bridgehead atoms. The Bertz CT molecular complexity index is 780. The number of thioether (sulfide) groups is 1. The van der Waals surface area contributed by atoms with E-state index in [1.54, 1.807) is 19.1 Å². The van der Waals surface area contributed by atoms with E-state index < -0.39 is 11.9 Å². The van der Waals surface area contributed by atoms with Gasteiger partial charge in [0.1, 0.15) is 5.75 Å². The number of carbonyl (C=O) groups excluding carboxylic acids is 1. The monoisotopic (exact) mass is 399 g/mol. The highest BCUT2D eigenvalue weighted by molar-refractivity contribution is 8.00. The number of hydrogen-bond donors (Lipinski definition) is 2. The van der Waals surface area contributed by atoms with Gasteiger partial charge in [0, 0.05) is 11.1 Å². The molecule has 0 aliphatic rings. The summed E-state index contributed by atoms with van der Waals surface area (Å²) in [5, 5.41) is 11.0. The molecule has 0 aliphatic heterocycles. The van der Waals surface area contributed by atoms with Gasteiger partial charge in [-0.2, -0.15) is 8.78 Å². The first kappa shape index (κ1) is 20.9. The van der Waals surface area contributed by atoms with Crippen LogP contribution in [-0.2, 0) is 4.79 Å². The van der Waals surface area contributed by atoms with Crippen molar-refractivity contribution in [3.8, 4) is 17.1 Å². The van der Waals surface area contributed by atoms with Crippen LogP contribution >= 0.6 is 11.8 Å². The molecule has 0 fully saturated rings. The number of nitrogens with zero attached hydrogens (tertiary/aromatic N) is 3. The van der Waals surface area contributed by atoms with Gasteiger partial charge >= 0.3 is 6.61 Å². The fourth-order valence-electron chi connectivity index (χ4n) is 2.07. The number of nitrogens with two attached hydrogens (primary N) is 1. The Morgan fingerprint density at radius 3 is 2.52 bits per heavy atom. The molecule has 0 saturated carbocycles. The molecule has 7 nitrogen and oxygen atoms in total. The van der Waals surface area contributed by atoms with Crippen molar-refractivity contribution in [1.29, 1.82) is 0 Å². The second-order valence-corrected chi connectivity index (χ2v) is 7.87. The quantitative estimate of drug-likeness (QED) is 0.523. The predicted octanol–water partition coefficient (Wildman–Crippen LogP) is 3.05. The van der Waals surface area contributed by atoms with Crippen molar-refractivity contribution in [3.05, 3.63) is 24.3 Å². The average Bonchev–Trinajstić information content (AvgIpc) is 2.95. The van der Waals surface area contributed by atoms with E-state index in [1.165, 1.54) is 28.6 Å². The minimum absolute atomic E-state index is 0.0373. The third-order valence-electron chi connectivity index (χ3n) is 4.00. The minimum Gasteiger partial charge on any atom is -0.435 e. The molecule has 2 rings (SSSR count). The number of carbonyl (C=O) groups is 1. The van der Waals surface area contributed by atoms with Crippen LogP contribution in [0.25, 0.3) is 11.4 Å². The Hall–Kier alpha value is -2.36. The van der Waals surface area contributed by atoms with Crippen LogP contribution in [0.15, 0.2) is 29.4 Å². The van der Waals surface area contributed by atoms with Crippen molar-refractivity contribution in [1.82, 2.24) is 20.2 Å². The number of ether oxygens (including phenoxy) is 1. The molecule has 10 heteroatoms. The Morgan fingerprint density at radius 2 is 1.96 bits per heavy atom. The summed E-state index contributed by atoms with van der Waals surface area (Å²) in [7, 11) is 0. The SMILES string of the molecule is CCC(C)(C)NC(=O)C(C)Sc1nnc(-c2ccc(OC(F)F)cc2)n1N. The third kappa shape index (κ3) is 5.56. The lowest BCUT2D eigenvalue weighted by molar-refractivity contribution is -0.121. The van der Waals surface area contributed by atoms with E-state index in [1.807, 2.05) is 20.8 Å². The maximum Gasteiger partial charge on any atom is 0.387 e. The van der Waals surface area contributed by atoms with Gasteiger partial charge in [-0.05, 0) is 51.5 Å². The number of aromatic nitrogens is 3. The number of nitrogens with one attached hydrogen (secondary N) is 1. The number of alkyl halides is 2. The van der Waals surface area contributed by atoms with Crippen LogP contribution in [0.1, 0.15) is 34.1 Å². The first-order valence-electron chi connectivity index (χ1n) is 8.37. The summed E-state index contributed by atoms with van der Waals surface area (Å²) in [6, 6.07) is 5.90. The Labute approximate surface area is 160 Å². The Morgan fingerprint density at radius 1 is 1.33 bits per heavy atom. The molecule has 27 heavy (non-hydrogen) atoms. The smallest absolute Gasteiger partial charge is 0.387 e. The lowest BCUT2D eigenvalue weighted by Gasteiger charge is -2.26. The summed E-state index contributed by atoms with van der Waals surface area (Å²) in [4.78, 5) is 12.3. The second-order valence-electron chi connectivity index (χ2n) is 6.57. The molecule has 1 amide bonds. The molecular weight excluding hydrogens is 376 g/mol. The van der Waals surface area contributed by atoms with Crippen molar-refractivity contribution in [2.45, 2.75) is 56.7 Å². The highest BCUT2D eigenvalue weighted by Crippen LogP contribution is 2.26. The van der Waals surface area contributed by atoms with Gasteiger partial charge in [-0.25, -0.2) is 4.68 Å². The van der Waals surface area contributed by atoms with E-state index in [2.05, 4.69) is 20.3 Å². The lowest BCUT2D eigenvalue weighted by atomic mass is 10.0. The molecule has 0 aliphatic carbocycles. The van der Waals surface area contributed by atoms with Gasteiger partial charge in [0.2, 0.25) is 11.1 Å². The van der Waals surface area contributed by atoms with E-state index in [0.717, 1.165) is 6.42 Å². The first-order chi connectivity index (χ1) is 12.6. The van der Waals surface area contributed by atoms with Gasteiger partial charge in [-0.15, -0.1) is 10.2 Å². The largest absolute Gasteiger partial charge is 0.435 e. The van der Waals surface area contributed by atoms with Crippen LogP contribution < -0.4 is 15.9 Å². The molecule has 0 spiro atoms. The van der Waals surface area contributed by atoms with E-state index in [-0.39, 0.29) is 17.2 Å². The number of rotatable bonds is 8. The molecule has 1 unspecified atom stereocenters. The van der Waals surface area contributed by atoms with Gasteiger partial charge in [0.25, 0.3) is 0 Å². The standard InChI is InChI=1S/C17H23F2N5O2S/c1-5-17(3,4)21-14(25)10(2)27-16-23-22-13(24(16)20)11-6-8-12(9-7-11)26-15(18)19/h6-10,15H,5,20H2,1-4H3,(H,21,25). The minimum atomic E-state index is -2.89. The molecule has 2 aromatic rings. The van der Waals surface area contributed by atoms with Crippen LogP contribution in [0.4, 0.5) is 8.78 Å². The Balaban J connectivity index is 2.09. The van der Waals surface area contributed by atoms with Crippen molar-refractivity contribution in [3.63, 3.8) is 0 Å². The lowest BCUT2D eigenvalue weighted by Crippen LogP contribution is -2.46. The Kier molecular flexibility index (Phi) is 6.63. The normalized spacial score (nSPS) is 12.9. The van der Waals surface area contributed by atoms with Gasteiger partial charge in [-0.3, -0.25) is 4.79 Å². The molecule has 0 radical (unpaired) electrons. The number of benzene rings is 1. The van der Waals surface area contributed by atoms with E-state index in [4.69, 9.17) is 5.84 Å². The molecule has 0 saturated heterocycles. The first-order valence-corrected chi connectivity index (χ1v) is 9.25. The summed E-state index contributed by atoms with van der Waals surface area (Å²) in [6.45, 7) is 4.78. The maximum atomic E-state index is 12.3. The summed E-state index contributed by atoms with van der Waals surface area (Å²) < 4.78 is 30.0. The molecule has 148 valence electrons. The van der Waals surface area contributed by atoms with Crippen LogP contribution in [0, 0.1) is 0 Å². The number of nitrogen functional groups attached to an aromatic ring is 1. The van der Waals surface area contributed by atoms with Crippen molar-refractivity contribution >= 4 is 17.7 Å². The second kappa shape index (κ2) is 8.55. The molecular formula is C17H23F2N5O2S. The van der Waals surface area contributed by atoms with Gasteiger partial charge < -0.3 is 15.9 Å². The fourth-order valence-corrected chi connectivity index (χ4v) is 2.85. The summed E-state index contributed by atoms with van der Waals surface area (Å²) >= 11 is 1.18. The van der Waals surface area contributed by atoms with Crippen LogP contribution in [0.2, 0.25) is 0 Å². The van der Waals surface area contributed by atoms with Gasteiger partial charge in [0.05, 0.1) is 5.25 Å². The van der Waals surface area contributed by atoms with Crippen LogP contribution in [0.5, 0.6) is 5.75 Å². The third-order valence-corrected chi connectivity index (χ3v) is 5.06. The fraction of sp³-hybridized carbons (Fsp3) is 0.471. The molecule has 1 heterocycles. The topological polar surface area (TPSA) is 95.1 Å². The zero-order valence-electron chi connectivity index (χ0n) is 15.6. The summed E-state index contributed by atoms with van der Waals surface area (Å²) in [5.74, 6) is 6.31. The molecule has 1 atom stereocenters. The number of amides is 1. The van der Waals surface area contributed by atoms with Crippen molar-refractivity contribution < 1.29 is 18.3 Å². The number of hydrogen-bond acceptors (Lipinski definition) is 6. The molecule has 3 N–H and O–H groups in total. The zero-order chi connectivity index (χ0) is 20.2. The summed E-state index contributed by atoms with van der Waals surface area (Å²) in [6.07, 6.45) is 0.804. The van der Waals surface area contributed by atoms with Crippen LogP contribution in [0.3, 0.4) is 0 Å². The number of halogens is 2. The predicted molar refractivity (Wildman–Crippen MR) is 100 cm³/mol. The van der Waals surface area contributed by atoms with E-state index >= 15 is 0 Å². The molecule has 1 aromatic carbocycles. The van der Waals surface area contributed by atoms with E-state index in [9.17, 15) is 13.6 Å². The summed E-state index contributed by atoms with van der Waals surface area (Å²) in [5.41, 5.74) is 0.290. The van der Waals surface area contributed by atoms with Crippen molar-refractivity contribution in [2.24, 2.45) is 0 Å². The van der Waals surface area contributed by atoms with Gasteiger partial charge in [-0.1, -0.05) is 18.7 Å². The van der Waals surface area contributed by atoms with Crippen molar-refractivity contribution in [2.75, 3.05) is 5.84 Å². The zero-order valence-corrected chi connectivity index (χ0v) is 16.4. The molecule has 1 aromatic heterocycles. The highest BCUT2D eigenvalue weighted by Gasteiger charge is 2.24. The average molecular weight is 399 g/mol. The van der Waals surface area contributed by atoms with Gasteiger partial charge in [0.15, 0.2) is 5.82 Å². The maximum absolute atomic E-state index is 12.3. The highest BCUT2D eigenvalue weighted by atomic mass is 32.2. The van der Waals surface area contributed by atoms with Crippen LogP contribution in [-0.4, -0.2) is 38.2 Å². The van der Waals surface area contributed by atoms with E-state index in [0.29, 0.717) is 16.5 Å².